The van der Waals surface area contributed by atoms with Crippen LogP contribution in [0, 0.1) is 12.8 Å². The predicted octanol–water partition coefficient (Wildman–Crippen LogP) is 2.98. The number of hydrogen-bond donors (Lipinski definition) is 1. The Bertz CT molecular complexity index is 431. The quantitative estimate of drug-likeness (QED) is 0.890. The number of aryl methyl sites for hydroxylation is 1. The third kappa shape index (κ3) is 3.98. The Morgan fingerprint density at radius 3 is 2.95 bits per heavy atom. The minimum Gasteiger partial charge on any atom is -0.338 e. The van der Waals surface area contributed by atoms with Crippen molar-refractivity contribution in [2.75, 3.05) is 19.6 Å². The van der Waals surface area contributed by atoms with Gasteiger partial charge in [0.1, 0.15) is 0 Å². The molecule has 1 unspecified atom stereocenters. The molecule has 1 fully saturated rings. The van der Waals surface area contributed by atoms with Gasteiger partial charge in [0, 0.05) is 19.6 Å². The van der Waals surface area contributed by atoms with Crippen LogP contribution in [0.15, 0.2) is 24.3 Å². The van der Waals surface area contributed by atoms with E-state index >= 15 is 0 Å². The summed E-state index contributed by atoms with van der Waals surface area (Å²) in [5, 5.41) is 3.04. The van der Waals surface area contributed by atoms with Gasteiger partial charge in [-0.1, -0.05) is 31.2 Å². The van der Waals surface area contributed by atoms with E-state index in [2.05, 4.69) is 37.4 Å². The van der Waals surface area contributed by atoms with E-state index in [1.54, 1.807) is 0 Å². The van der Waals surface area contributed by atoms with E-state index in [-0.39, 0.29) is 6.03 Å². The van der Waals surface area contributed by atoms with Crippen molar-refractivity contribution in [3.8, 4) is 0 Å². The molecule has 1 saturated heterocycles. The number of piperidine rings is 1. The maximum Gasteiger partial charge on any atom is 0.317 e. The molecular weight excluding hydrogens is 236 g/mol. The third-order valence-corrected chi connectivity index (χ3v) is 3.88. The fraction of sp³-hybridized carbons (Fsp3) is 0.562. The van der Waals surface area contributed by atoms with Gasteiger partial charge in [-0.25, -0.2) is 4.79 Å². The van der Waals surface area contributed by atoms with Gasteiger partial charge in [0.2, 0.25) is 0 Å². The standard InChI is InChI=1S/C16H24N2O/c1-13-6-5-11-18(12-13)16(19)17-10-9-15-8-4-3-7-14(15)2/h3-4,7-8,13H,5-6,9-12H2,1-2H3,(H,17,19). The molecule has 0 saturated carbocycles. The first-order valence-electron chi connectivity index (χ1n) is 7.24. The fourth-order valence-electron chi connectivity index (χ4n) is 2.68. The van der Waals surface area contributed by atoms with Crippen molar-refractivity contribution in [1.82, 2.24) is 10.2 Å². The molecule has 0 aliphatic carbocycles. The number of nitrogens with zero attached hydrogens (tertiary/aromatic N) is 1. The highest BCUT2D eigenvalue weighted by atomic mass is 16.2. The number of carbonyl (C=O) groups is 1. The van der Waals surface area contributed by atoms with Gasteiger partial charge < -0.3 is 10.2 Å². The molecule has 1 N–H and O–H groups in total. The van der Waals surface area contributed by atoms with Crippen molar-refractivity contribution in [2.45, 2.75) is 33.1 Å². The van der Waals surface area contributed by atoms with Crippen LogP contribution in [-0.2, 0) is 6.42 Å². The lowest BCUT2D eigenvalue weighted by atomic mass is 10.0. The topological polar surface area (TPSA) is 32.3 Å². The van der Waals surface area contributed by atoms with Crippen LogP contribution in [0.3, 0.4) is 0 Å². The molecule has 1 heterocycles. The zero-order chi connectivity index (χ0) is 13.7. The second-order valence-electron chi connectivity index (χ2n) is 5.60. The van der Waals surface area contributed by atoms with Crippen molar-refractivity contribution in [3.05, 3.63) is 35.4 Å². The molecule has 3 heteroatoms. The molecular formula is C16H24N2O. The van der Waals surface area contributed by atoms with E-state index in [0.717, 1.165) is 25.9 Å². The number of amides is 2. The second kappa shape index (κ2) is 6.60. The number of rotatable bonds is 3. The Kier molecular flexibility index (Phi) is 4.83. The normalized spacial score (nSPS) is 19.3. The number of hydrogen-bond acceptors (Lipinski definition) is 1. The van der Waals surface area contributed by atoms with Crippen molar-refractivity contribution in [3.63, 3.8) is 0 Å². The first-order valence-corrected chi connectivity index (χ1v) is 7.24. The van der Waals surface area contributed by atoms with Gasteiger partial charge in [-0.15, -0.1) is 0 Å². The van der Waals surface area contributed by atoms with Gasteiger partial charge in [0.25, 0.3) is 0 Å². The zero-order valence-electron chi connectivity index (χ0n) is 12.0. The zero-order valence-corrected chi connectivity index (χ0v) is 12.0. The molecule has 2 amide bonds. The molecule has 1 aliphatic heterocycles. The molecule has 0 bridgehead atoms. The van der Waals surface area contributed by atoms with Crippen LogP contribution >= 0.6 is 0 Å². The first-order chi connectivity index (χ1) is 9.16. The minimum absolute atomic E-state index is 0.0973. The lowest BCUT2D eigenvalue weighted by Crippen LogP contribution is -2.45. The van der Waals surface area contributed by atoms with E-state index in [1.807, 2.05) is 11.0 Å². The number of benzene rings is 1. The van der Waals surface area contributed by atoms with Crippen molar-refractivity contribution >= 4 is 6.03 Å². The summed E-state index contributed by atoms with van der Waals surface area (Å²) in [4.78, 5) is 14.0. The van der Waals surface area contributed by atoms with Gasteiger partial charge >= 0.3 is 6.03 Å². The average Bonchev–Trinajstić information content (AvgIpc) is 2.41. The highest BCUT2D eigenvalue weighted by molar-refractivity contribution is 5.74. The molecule has 1 aliphatic rings. The Morgan fingerprint density at radius 2 is 2.21 bits per heavy atom. The molecule has 104 valence electrons. The maximum absolute atomic E-state index is 12.0. The van der Waals surface area contributed by atoms with Crippen molar-refractivity contribution in [2.24, 2.45) is 5.92 Å². The summed E-state index contributed by atoms with van der Waals surface area (Å²) in [5.74, 6) is 0.635. The van der Waals surface area contributed by atoms with Crippen LogP contribution in [0.4, 0.5) is 4.79 Å². The number of nitrogens with one attached hydrogen (secondary N) is 1. The summed E-state index contributed by atoms with van der Waals surface area (Å²) in [6.45, 7) is 6.85. The number of likely N-dealkylation sites (tertiary alicyclic amines) is 1. The van der Waals surface area contributed by atoms with E-state index in [1.165, 1.54) is 17.5 Å². The van der Waals surface area contributed by atoms with Crippen LogP contribution in [0.2, 0.25) is 0 Å². The molecule has 3 nitrogen and oxygen atoms in total. The van der Waals surface area contributed by atoms with Crippen LogP contribution in [-0.4, -0.2) is 30.6 Å². The summed E-state index contributed by atoms with van der Waals surface area (Å²) >= 11 is 0. The van der Waals surface area contributed by atoms with E-state index in [0.29, 0.717) is 12.5 Å². The van der Waals surface area contributed by atoms with Crippen LogP contribution in [0.25, 0.3) is 0 Å². The maximum atomic E-state index is 12.0. The monoisotopic (exact) mass is 260 g/mol. The van der Waals surface area contributed by atoms with Crippen molar-refractivity contribution < 1.29 is 4.79 Å². The molecule has 1 aromatic rings. The molecule has 2 rings (SSSR count). The molecule has 0 spiro atoms. The van der Waals surface area contributed by atoms with Gasteiger partial charge in [0.05, 0.1) is 0 Å². The number of carbonyl (C=O) groups excluding carboxylic acids is 1. The van der Waals surface area contributed by atoms with Crippen molar-refractivity contribution in [1.29, 1.82) is 0 Å². The summed E-state index contributed by atoms with van der Waals surface area (Å²) in [6.07, 6.45) is 3.28. The Labute approximate surface area is 116 Å². The number of urea groups is 1. The van der Waals surface area contributed by atoms with E-state index in [4.69, 9.17) is 0 Å². The van der Waals surface area contributed by atoms with Gasteiger partial charge in [-0.3, -0.25) is 0 Å². The van der Waals surface area contributed by atoms with Crippen LogP contribution in [0.1, 0.15) is 30.9 Å². The summed E-state index contributed by atoms with van der Waals surface area (Å²) < 4.78 is 0. The molecule has 1 atom stereocenters. The Hall–Kier alpha value is -1.51. The first kappa shape index (κ1) is 13.9. The molecule has 0 radical (unpaired) electrons. The predicted molar refractivity (Wildman–Crippen MR) is 78.3 cm³/mol. The minimum atomic E-state index is 0.0973. The SMILES string of the molecule is Cc1ccccc1CCNC(=O)N1CCCC(C)C1. The highest BCUT2D eigenvalue weighted by Gasteiger charge is 2.20. The summed E-state index contributed by atoms with van der Waals surface area (Å²) in [5.41, 5.74) is 2.61. The lowest BCUT2D eigenvalue weighted by molar-refractivity contribution is 0.170. The Balaban J connectivity index is 1.76. The lowest BCUT2D eigenvalue weighted by Gasteiger charge is -2.31. The smallest absolute Gasteiger partial charge is 0.317 e. The van der Waals surface area contributed by atoms with E-state index in [9.17, 15) is 4.79 Å². The Morgan fingerprint density at radius 1 is 1.42 bits per heavy atom. The van der Waals surface area contributed by atoms with E-state index < -0.39 is 0 Å². The molecule has 19 heavy (non-hydrogen) atoms. The van der Waals surface area contributed by atoms with Gasteiger partial charge in [0.15, 0.2) is 0 Å². The third-order valence-electron chi connectivity index (χ3n) is 3.88. The molecule has 1 aromatic carbocycles. The molecule has 0 aromatic heterocycles. The van der Waals surface area contributed by atoms with Gasteiger partial charge in [-0.2, -0.15) is 0 Å². The van der Waals surface area contributed by atoms with Gasteiger partial charge in [-0.05, 0) is 43.2 Å². The summed E-state index contributed by atoms with van der Waals surface area (Å²) in [7, 11) is 0. The average molecular weight is 260 g/mol. The fourth-order valence-corrected chi connectivity index (χ4v) is 2.68. The summed E-state index contributed by atoms with van der Waals surface area (Å²) in [6, 6.07) is 8.44. The van der Waals surface area contributed by atoms with Crippen LogP contribution in [0.5, 0.6) is 0 Å². The van der Waals surface area contributed by atoms with Crippen LogP contribution < -0.4 is 5.32 Å². The highest BCUT2D eigenvalue weighted by Crippen LogP contribution is 2.15. The second-order valence-corrected chi connectivity index (χ2v) is 5.60. The largest absolute Gasteiger partial charge is 0.338 e.